The maximum atomic E-state index is 13.8. The third kappa shape index (κ3) is 4.38. The third-order valence-electron chi connectivity index (χ3n) is 6.05. The zero-order chi connectivity index (χ0) is 23.7. The molecule has 1 N–H and O–H groups in total. The van der Waals surface area contributed by atoms with Gasteiger partial charge in [0.25, 0.3) is 5.91 Å². The molecule has 3 aromatic rings. The maximum Gasteiger partial charge on any atom is 0.259 e. The van der Waals surface area contributed by atoms with Crippen molar-refractivity contribution in [1.82, 2.24) is 4.31 Å². The topological polar surface area (TPSA) is 84.9 Å². The highest BCUT2D eigenvalue weighted by Crippen LogP contribution is 2.42. The Morgan fingerprint density at radius 3 is 2.38 bits per heavy atom. The van der Waals surface area contributed by atoms with Crippen LogP contribution in [-0.4, -0.2) is 31.7 Å². The number of amides is 1. The van der Waals surface area contributed by atoms with Gasteiger partial charge < -0.3 is 14.8 Å². The van der Waals surface area contributed by atoms with E-state index in [0.29, 0.717) is 30.3 Å². The first-order valence-electron chi connectivity index (χ1n) is 11.4. The Balaban J connectivity index is 1.64. The molecule has 0 radical (unpaired) electrons. The first-order valence-corrected chi connectivity index (χ1v) is 12.9. The van der Waals surface area contributed by atoms with Gasteiger partial charge in [0.15, 0.2) is 11.5 Å². The van der Waals surface area contributed by atoms with Gasteiger partial charge in [-0.3, -0.25) is 4.79 Å². The molecule has 0 saturated carbocycles. The number of sulfonamides is 1. The molecule has 0 aliphatic carbocycles. The number of hydrogen-bond donors (Lipinski definition) is 1. The van der Waals surface area contributed by atoms with E-state index in [-0.39, 0.29) is 22.0 Å². The first-order chi connectivity index (χ1) is 16.4. The molecule has 176 valence electrons. The average Bonchev–Trinajstić information content (AvgIpc) is 3.17. The molecule has 1 fully saturated rings. The molecule has 1 saturated heterocycles. The molecule has 0 bridgehead atoms. The monoisotopic (exact) mass is 478 g/mol. The van der Waals surface area contributed by atoms with Gasteiger partial charge in [-0.2, -0.15) is 4.31 Å². The van der Waals surface area contributed by atoms with Gasteiger partial charge >= 0.3 is 0 Å². The van der Waals surface area contributed by atoms with Gasteiger partial charge in [0.1, 0.15) is 16.4 Å². The number of rotatable bonds is 4. The highest BCUT2D eigenvalue weighted by molar-refractivity contribution is 7.89. The molecule has 7 nitrogen and oxygen atoms in total. The Morgan fingerprint density at radius 1 is 0.912 bits per heavy atom. The molecular weight excluding hydrogens is 452 g/mol. The number of anilines is 1. The van der Waals surface area contributed by atoms with Gasteiger partial charge in [-0.15, -0.1) is 0 Å². The fraction of sp³-hybridized carbons (Fsp3) is 0.269. The van der Waals surface area contributed by atoms with Crippen molar-refractivity contribution >= 4 is 21.6 Å². The smallest absolute Gasteiger partial charge is 0.259 e. The largest absolute Gasteiger partial charge is 0.456 e. The van der Waals surface area contributed by atoms with E-state index in [4.69, 9.17) is 9.47 Å². The minimum Gasteiger partial charge on any atom is -0.456 e. The van der Waals surface area contributed by atoms with E-state index < -0.39 is 15.9 Å². The van der Waals surface area contributed by atoms with Gasteiger partial charge in [-0.1, -0.05) is 37.1 Å². The summed E-state index contributed by atoms with van der Waals surface area (Å²) in [6.45, 7) is 2.80. The number of para-hydroxylation sites is 1. The summed E-state index contributed by atoms with van der Waals surface area (Å²) in [4.78, 5) is 13.1. The summed E-state index contributed by atoms with van der Waals surface area (Å²) < 4.78 is 41.1. The second-order valence-corrected chi connectivity index (χ2v) is 10.5. The van der Waals surface area contributed by atoms with Gasteiger partial charge in [-0.25, -0.2) is 8.42 Å². The molecule has 8 heteroatoms. The molecule has 34 heavy (non-hydrogen) atoms. The Hall–Kier alpha value is -3.36. The summed E-state index contributed by atoms with van der Waals surface area (Å²) in [5.41, 5.74) is 1.64. The lowest BCUT2D eigenvalue weighted by molar-refractivity contribution is 0.102. The number of carbonyl (C=O) groups is 1. The van der Waals surface area contributed by atoms with Crippen molar-refractivity contribution in [2.24, 2.45) is 0 Å². The summed E-state index contributed by atoms with van der Waals surface area (Å²) >= 11 is 0. The van der Waals surface area contributed by atoms with E-state index in [2.05, 4.69) is 5.32 Å². The van der Waals surface area contributed by atoms with Crippen molar-refractivity contribution in [1.29, 1.82) is 0 Å². The quantitative estimate of drug-likeness (QED) is 0.519. The number of nitrogens with one attached hydrogen (secondary N) is 1. The molecule has 2 heterocycles. The van der Waals surface area contributed by atoms with E-state index in [0.717, 1.165) is 31.2 Å². The number of ether oxygens (including phenoxy) is 2. The molecule has 2 aliphatic rings. The number of benzene rings is 3. The fourth-order valence-electron chi connectivity index (χ4n) is 4.26. The van der Waals surface area contributed by atoms with E-state index in [9.17, 15) is 13.2 Å². The van der Waals surface area contributed by atoms with Crippen LogP contribution in [0.4, 0.5) is 5.69 Å². The fourth-order valence-corrected chi connectivity index (χ4v) is 5.90. The molecule has 2 aliphatic heterocycles. The lowest BCUT2D eigenvalue weighted by Gasteiger charge is -2.22. The van der Waals surface area contributed by atoms with Crippen LogP contribution in [-0.2, 0) is 10.0 Å². The standard InChI is InChI=1S/C26H26N2O5S/c1-18-11-12-22-21(15-18)27-26(29)20-16-25(34(30,31)28-13-7-2-3-8-14-28)24(17-23(20)33-22)32-19-9-5-4-6-10-19/h4-6,9-12,15-17H,2-3,7-8,13-14H2,1H3,(H,27,29). The van der Waals surface area contributed by atoms with Crippen LogP contribution in [0, 0.1) is 6.92 Å². The summed E-state index contributed by atoms with van der Waals surface area (Å²) in [5.74, 6) is 0.895. The van der Waals surface area contributed by atoms with Gasteiger partial charge in [0.05, 0.1) is 11.3 Å². The van der Waals surface area contributed by atoms with Crippen LogP contribution in [0.25, 0.3) is 0 Å². The van der Waals surface area contributed by atoms with Crippen molar-refractivity contribution in [3.63, 3.8) is 0 Å². The number of nitrogens with zero attached hydrogens (tertiary/aromatic N) is 1. The summed E-state index contributed by atoms with van der Waals surface area (Å²) in [5, 5.41) is 2.84. The van der Waals surface area contributed by atoms with Crippen molar-refractivity contribution in [3.8, 4) is 23.0 Å². The zero-order valence-corrected chi connectivity index (χ0v) is 19.7. The van der Waals surface area contributed by atoms with Crippen LogP contribution in [0.2, 0.25) is 0 Å². The van der Waals surface area contributed by atoms with Crippen molar-refractivity contribution in [2.75, 3.05) is 18.4 Å². The lowest BCUT2D eigenvalue weighted by Crippen LogP contribution is -2.32. The molecule has 3 aromatic carbocycles. The Morgan fingerprint density at radius 2 is 1.65 bits per heavy atom. The number of hydrogen-bond acceptors (Lipinski definition) is 5. The molecule has 5 rings (SSSR count). The van der Waals surface area contributed by atoms with Crippen LogP contribution >= 0.6 is 0 Å². The molecule has 1 amide bonds. The molecular formula is C26H26N2O5S. The maximum absolute atomic E-state index is 13.8. The van der Waals surface area contributed by atoms with Gasteiger partial charge in [0.2, 0.25) is 10.0 Å². The van der Waals surface area contributed by atoms with E-state index >= 15 is 0 Å². The lowest BCUT2D eigenvalue weighted by atomic mass is 10.1. The highest BCUT2D eigenvalue weighted by atomic mass is 32.2. The van der Waals surface area contributed by atoms with E-state index in [1.807, 2.05) is 37.3 Å². The van der Waals surface area contributed by atoms with Crippen molar-refractivity contribution < 1.29 is 22.7 Å². The highest BCUT2D eigenvalue weighted by Gasteiger charge is 2.32. The molecule has 0 aromatic heterocycles. The van der Waals surface area contributed by atoms with Crippen LogP contribution in [0.15, 0.2) is 65.6 Å². The van der Waals surface area contributed by atoms with Crippen molar-refractivity contribution in [3.05, 3.63) is 71.8 Å². The minimum absolute atomic E-state index is 0.0436. The zero-order valence-electron chi connectivity index (χ0n) is 18.9. The SMILES string of the molecule is Cc1ccc2c(c1)NC(=O)c1cc(S(=O)(=O)N3CCCCCC3)c(Oc3ccccc3)cc1O2. The van der Waals surface area contributed by atoms with Crippen molar-refractivity contribution in [2.45, 2.75) is 37.5 Å². The Kier molecular flexibility index (Phi) is 6.02. The van der Waals surface area contributed by atoms with Gasteiger partial charge in [0, 0.05) is 19.2 Å². The summed E-state index contributed by atoms with van der Waals surface area (Å²) in [6.07, 6.45) is 3.60. The van der Waals surface area contributed by atoms with Crippen LogP contribution in [0.5, 0.6) is 23.0 Å². The Labute approximate surface area is 199 Å². The minimum atomic E-state index is -3.91. The average molecular weight is 479 g/mol. The van der Waals surface area contributed by atoms with Crippen LogP contribution in [0.1, 0.15) is 41.6 Å². The second kappa shape index (κ2) is 9.12. The summed E-state index contributed by atoms with van der Waals surface area (Å²) in [6, 6.07) is 17.3. The van der Waals surface area contributed by atoms with Gasteiger partial charge in [-0.05, 0) is 55.7 Å². The molecule has 0 unspecified atom stereocenters. The summed E-state index contributed by atoms with van der Waals surface area (Å²) in [7, 11) is -3.91. The van der Waals surface area contributed by atoms with Crippen LogP contribution in [0.3, 0.4) is 0 Å². The van der Waals surface area contributed by atoms with E-state index in [1.165, 1.54) is 16.4 Å². The first kappa shape index (κ1) is 22.4. The molecule has 0 spiro atoms. The number of aryl methyl sites for hydroxylation is 1. The van der Waals surface area contributed by atoms with E-state index in [1.54, 1.807) is 18.2 Å². The predicted molar refractivity (Wildman–Crippen MR) is 129 cm³/mol. The number of carbonyl (C=O) groups excluding carboxylic acids is 1. The number of fused-ring (bicyclic) bond motifs is 2. The molecule has 0 atom stereocenters. The Bertz CT molecular complexity index is 1330. The second-order valence-electron chi connectivity index (χ2n) is 8.58. The van der Waals surface area contributed by atoms with Crippen LogP contribution < -0.4 is 14.8 Å². The third-order valence-corrected chi connectivity index (χ3v) is 7.97. The normalized spacial score (nSPS) is 16.3. The predicted octanol–water partition coefficient (Wildman–Crippen LogP) is 5.71.